The zero-order valence-corrected chi connectivity index (χ0v) is 18.7. The van der Waals surface area contributed by atoms with Crippen molar-refractivity contribution in [2.24, 2.45) is 0 Å². The van der Waals surface area contributed by atoms with Crippen molar-refractivity contribution in [1.82, 2.24) is 5.32 Å². The molecule has 162 valence electrons. The topological polar surface area (TPSA) is 59.6 Å². The average molecular weight is 429 g/mol. The van der Waals surface area contributed by atoms with Crippen LogP contribution >= 0.6 is 12.2 Å². The maximum absolute atomic E-state index is 12.6. The molecule has 0 fully saturated rings. The number of hydrogen-bond acceptors (Lipinski definition) is 4. The van der Waals surface area contributed by atoms with Crippen molar-refractivity contribution in [3.63, 3.8) is 0 Å². The summed E-state index contributed by atoms with van der Waals surface area (Å²) < 4.78 is 11.4. The summed E-state index contributed by atoms with van der Waals surface area (Å²) in [6.07, 6.45) is 6.94. The first-order valence-corrected chi connectivity index (χ1v) is 11.1. The lowest BCUT2D eigenvalue weighted by atomic mass is 10.2. The molecule has 0 aliphatic heterocycles. The molecule has 0 unspecified atom stereocenters. The quantitative estimate of drug-likeness (QED) is 0.323. The Balaban J connectivity index is 1.80. The number of anilines is 1. The molecule has 0 radical (unpaired) electrons. The number of carbonyl (C=O) groups is 1. The monoisotopic (exact) mass is 428 g/mol. The zero-order valence-electron chi connectivity index (χ0n) is 17.9. The Morgan fingerprint density at radius 3 is 2.33 bits per heavy atom. The summed E-state index contributed by atoms with van der Waals surface area (Å²) in [4.78, 5) is 12.6. The minimum absolute atomic E-state index is 0.231. The molecule has 2 aromatic carbocycles. The molecule has 2 aromatic rings. The number of thiocarbonyl (C=S) groups is 1. The fraction of sp³-hybridized carbons (Fsp3) is 0.417. The lowest BCUT2D eigenvalue weighted by Crippen LogP contribution is -2.34. The van der Waals surface area contributed by atoms with Crippen molar-refractivity contribution in [1.29, 1.82) is 0 Å². The highest BCUT2D eigenvalue weighted by Crippen LogP contribution is 2.19. The minimum atomic E-state index is -0.303. The fourth-order valence-electron chi connectivity index (χ4n) is 2.86. The standard InChI is InChI=1S/C24H32N2O3S/c1-3-5-6-7-10-18-28-20-15-13-19(14-16-20)25-24(30)26-23(27)21-11-8-9-12-22(21)29-17-4-2/h8-9,11-16H,3-7,10,17-18H2,1-2H3,(H2,25,26,27,30). The van der Waals surface area contributed by atoms with Gasteiger partial charge in [-0.05, 0) is 61.5 Å². The van der Waals surface area contributed by atoms with E-state index in [1.807, 2.05) is 37.3 Å². The van der Waals surface area contributed by atoms with Gasteiger partial charge in [0.25, 0.3) is 5.91 Å². The van der Waals surface area contributed by atoms with Crippen LogP contribution < -0.4 is 20.1 Å². The van der Waals surface area contributed by atoms with Crippen molar-refractivity contribution in [3.05, 3.63) is 54.1 Å². The Hall–Kier alpha value is -2.60. The smallest absolute Gasteiger partial charge is 0.261 e. The van der Waals surface area contributed by atoms with Crippen molar-refractivity contribution in [2.75, 3.05) is 18.5 Å². The summed E-state index contributed by atoms with van der Waals surface area (Å²) in [6, 6.07) is 14.7. The normalized spacial score (nSPS) is 10.3. The molecule has 0 aromatic heterocycles. The van der Waals surface area contributed by atoms with Gasteiger partial charge in [0.2, 0.25) is 0 Å². The number of amides is 1. The van der Waals surface area contributed by atoms with Gasteiger partial charge >= 0.3 is 0 Å². The van der Waals surface area contributed by atoms with Crippen LogP contribution in [0.2, 0.25) is 0 Å². The maximum Gasteiger partial charge on any atom is 0.261 e. The van der Waals surface area contributed by atoms with Gasteiger partial charge in [0, 0.05) is 5.69 Å². The van der Waals surface area contributed by atoms with Gasteiger partial charge in [-0.25, -0.2) is 0 Å². The number of ether oxygens (including phenoxy) is 2. The molecule has 0 saturated carbocycles. The van der Waals surface area contributed by atoms with Crippen molar-refractivity contribution in [2.45, 2.75) is 52.4 Å². The highest BCUT2D eigenvalue weighted by molar-refractivity contribution is 7.80. The van der Waals surface area contributed by atoms with Crippen LogP contribution in [0.15, 0.2) is 48.5 Å². The molecule has 5 nitrogen and oxygen atoms in total. The number of hydrogen-bond donors (Lipinski definition) is 2. The lowest BCUT2D eigenvalue weighted by molar-refractivity contribution is 0.0973. The van der Waals surface area contributed by atoms with Crippen molar-refractivity contribution in [3.8, 4) is 11.5 Å². The third kappa shape index (κ3) is 8.41. The van der Waals surface area contributed by atoms with E-state index in [0.717, 1.165) is 30.9 Å². The molecule has 0 spiro atoms. The van der Waals surface area contributed by atoms with E-state index in [0.29, 0.717) is 17.9 Å². The SMILES string of the molecule is CCCCCCCOc1ccc(NC(=S)NC(=O)c2ccccc2OCCC)cc1. The van der Waals surface area contributed by atoms with Crippen LogP contribution in [0.1, 0.15) is 62.7 Å². The highest BCUT2D eigenvalue weighted by atomic mass is 32.1. The van der Waals surface area contributed by atoms with E-state index in [4.69, 9.17) is 21.7 Å². The van der Waals surface area contributed by atoms with Gasteiger partial charge in [0.05, 0.1) is 18.8 Å². The molecule has 2 rings (SSSR count). The molecule has 0 saturated heterocycles. The minimum Gasteiger partial charge on any atom is -0.494 e. The number of rotatable bonds is 12. The molecule has 0 aliphatic carbocycles. The Morgan fingerprint density at radius 2 is 1.60 bits per heavy atom. The Bertz CT molecular complexity index is 793. The highest BCUT2D eigenvalue weighted by Gasteiger charge is 2.13. The summed E-state index contributed by atoms with van der Waals surface area (Å²) >= 11 is 5.28. The van der Waals surface area contributed by atoms with E-state index in [9.17, 15) is 4.79 Å². The van der Waals surface area contributed by atoms with Crippen LogP contribution in [-0.4, -0.2) is 24.2 Å². The second-order valence-electron chi connectivity index (χ2n) is 7.04. The summed E-state index contributed by atoms with van der Waals surface area (Å²) in [5.74, 6) is 1.08. The first-order valence-electron chi connectivity index (χ1n) is 10.7. The summed E-state index contributed by atoms with van der Waals surface area (Å²) in [7, 11) is 0. The Labute approximate surface area is 185 Å². The van der Waals surface area contributed by atoms with Gasteiger partial charge in [-0.2, -0.15) is 0 Å². The summed E-state index contributed by atoms with van der Waals surface area (Å²) in [5, 5.41) is 5.96. The Kier molecular flexibility index (Phi) is 10.7. The summed E-state index contributed by atoms with van der Waals surface area (Å²) in [6.45, 7) is 5.51. The molecule has 6 heteroatoms. The number of benzene rings is 2. The van der Waals surface area contributed by atoms with Gasteiger partial charge in [-0.3, -0.25) is 10.1 Å². The van der Waals surface area contributed by atoms with Crippen LogP contribution in [0.25, 0.3) is 0 Å². The lowest BCUT2D eigenvalue weighted by Gasteiger charge is -2.13. The first kappa shape index (κ1) is 23.7. The molecule has 0 bridgehead atoms. The fourth-order valence-corrected chi connectivity index (χ4v) is 3.07. The van der Waals surface area contributed by atoms with Crippen molar-refractivity contribution >= 4 is 28.9 Å². The molecular weight excluding hydrogens is 396 g/mol. The van der Waals surface area contributed by atoms with Gasteiger partial charge in [-0.15, -0.1) is 0 Å². The van der Waals surface area contributed by atoms with Crippen LogP contribution in [0.4, 0.5) is 5.69 Å². The summed E-state index contributed by atoms with van der Waals surface area (Å²) in [5.41, 5.74) is 1.24. The van der Waals surface area contributed by atoms with Crippen LogP contribution in [0.3, 0.4) is 0 Å². The second kappa shape index (κ2) is 13.6. The largest absolute Gasteiger partial charge is 0.494 e. The second-order valence-corrected chi connectivity index (χ2v) is 7.45. The van der Waals surface area contributed by atoms with E-state index < -0.39 is 0 Å². The first-order chi connectivity index (χ1) is 14.6. The van der Waals surface area contributed by atoms with Crippen LogP contribution in [0, 0.1) is 0 Å². The maximum atomic E-state index is 12.6. The molecule has 2 N–H and O–H groups in total. The molecule has 0 aliphatic rings. The van der Waals surface area contributed by atoms with Gasteiger partial charge < -0.3 is 14.8 Å². The van der Waals surface area contributed by atoms with E-state index in [1.54, 1.807) is 18.2 Å². The average Bonchev–Trinajstić information content (AvgIpc) is 2.76. The van der Waals surface area contributed by atoms with Crippen LogP contribution in [0.5, 0.6) is 11.5 Å². The molecule has 0 heterocycles. The van der Waals surface area contributed by atoms with E-state index >= 15 is 0 Å². The third-order valence-corrected chi connectivity index (χ3v) is 4.65. The van der Waals surface area contributed by atoms with E-state index in [2.05, 4.69) is 17.6 Å². The number of para-hydroxylation sites is 1. The molecule has 0 atom stereocenters. The van der Waals surface area contributed by atoms with Crippen molar-refractivity contribution < 1.29 is 14.3 Å². The van der Waals surface area contributed by atoms with Gasteiger partial charge in [-0.1, -0.05) is 51.7 Å². The number of carbonyl (C=O) groups excluding carboxylic acids is 1. The zero-order chi connectivity index (χ0) is 21.6. The predicted octanol–water partition coefficient (Wildman–Crippen LogP) is 5.95. The molecule has 30 heavy (non-hydrogen) atoms. The van der Waals surface area contributed by atoms with Gasteiger partial charge in [0.1, 0.15) is 11.5 Å². The number of nitrogens with one attached hydrogen (secondary N) is 2. The third-order valence-electron chi connectivity index (χ3n) is 4.45. The number of unbranched alkanes of at least 4 members (excludes halogenated alkanes) is 4. The van der Waals surface area contributed by atoms with E-state index in [1.165, 1.54) is 25.7 Å². The Morgan fingerprint density at radius 1 is 0.867 bits per heavy atom. The van der Waals surface area contributed by atoms with Crippen LogP contribution in [-0.2, 0) is 0 Å². The van der Waals surface area contributed by atoms with Gasteiger partial charge in [0.15, 0.2) is 5.11 Å². The molecular formula is C24H32N2O3S. The van der Waals surface area contributed by atoms with E-state index in [-0.39, 0.29) is 11.0 Å². The molecule has 1 amide bonds. The predicted molar refractivity (Wildman–Crippen MR) is 127 cm³/mol.